The maximum atomic E-state index is 13.9. The number of rotatable bonds is 9. The number of nitrogens with one attached hydrogen (secondary N) is 1. The Bertz CT molecular complexity index is 1010. The molecule has 0 unspecified atom stereocenters. The fraction of sp³-hybridized carbons (Fsp3) is 0.263. The van der Waals surface area contributed by atoms with E-state index in [1.807, 2.05) is 0 Å². The van der Waals surface area contributed by atoms with Gasteiger partial charge in [0.1, 0.15) is 11.5 Å². The fourth-order valence-corrected chi connectivity index (χ4v) is 2.64. The Morgan fingerprint density at radius 2 is 1.97 bits per heavy atom. The van der Waals surface area contributed by atoms with Crippen LogP contribution >= 0.6 is 0 Å². The number of anilines is 1. The lowest BCUT2D eigenvalue weighted by molar-refractivity contribution is -0.137. The molecule has 29 heavy (non-hydrogen) atoms. The van der Waals surface area contributed by atoms with E-state index in [-0.39, 0.29) is 36.2 Å². The molecule has 0 saturated heterocycles. The summed E-state index contributed by atoms with van der Waals surface area (Å²) >= 11 is 0. The van der Waals surface area contributed by atoms with E-state index in [0.717, 1.165) is 6.20 Å². The summed E-state index contributed by atoms with van der Waals surface area (Å²) in [5.74, 6) is -2.14. The second kappa shape index (κ2) is 9.09. The van der Waals surface area contributed by atoms with Crippen LogP contribution in [0.3, 0.4) is 0 Å². The Labute approximate surface area is 164 Å². The van der Waals surface area contributed by atoms with Crippen LogP contribution < -0.4 is 5.32 Å². The molecule has 3 aromatic rings. The Kier molecular flexibility index (Phi) is 6.32. The summed E-state index contributed by atoms with van der Waals surface area (Å²) in [4.78, 5) is 18.5. The van der Waals surface area contributed by atoms with E-state index in [1.165, 1.54) is 16.8 Å². The highest BCUT2D eigenvalue weighted by Gasteiger charge is 2.15. The van der Waals surface area contributed by atoms with Crippen LogP contribution in [0, 0.1) is 11.6 Å². The van der Waals surface area contributed by atoms with Gasteiger partial charge in [0.25, 0.3) is 0 Å². The van der Waals surface area contributed by atoms with E-state index in [0.29, 0.717) is 24.9 Å². The summed E-state index contributed by atoms with van der Waals surface area (Å²) in [5, 5.41) is 25.7. The molecular weight excluding hydrogens is 384 g/mol. The number of aromatic nitrogens is 4. The van der Waals surface area contributed by atoms with E-state index >= 15 is 0 Å². The lowest BCUT2D eigenvalue weighted by Gasteiger charge is -2.07. The zero-order valence-electron chi connectivity index (χ0n) is 15.3. The number of nitrogens with zero attached hydrogens (tertiary/aromatic N) is 4. The van der Waals surface area contributed by atoms with Crippen molar-refractivity contribution in [3.63, 3.8) is 0 Å². The summed E-state index contributed by atoms with van der Waals surface area (Å²) in [5.41, 5.74) is 0.550. The molecular formula is C19H19F2N5O3. The van der Waals surface area contributed by atoms with Crippen LogP contribution in [0.15, 0.2) is 36.5 Å². The van der Waals surface area contributed by atoms with E-state index in [2.05, 4.69) is 20.4 Å². The highest BCUT2D eigenvalue weighted by molar-refractivity contribution is 5.66. The molecule has 10 heteroatoms. The van der Waals surface area contributed by atoms with Gasteiger partial charge in [-0.2, -0.15) is 5.10 Å². The first-order valence-corrected chi connectivity index (χ1v) is 8.93. The Hall–Kier alpha value is -3.56. The van der Waals surface area contributed by atoms with Gasteiger partial charge in [-0.25, -0.2) is 23.4 Å². The number of aromatic hydroxyl groups is 1. The van der Waals surface area contributed by atoms with Gasteiger partial charge in [0, 0.05) is 24.6 Å². The second-order valence-electron chi connectivity index (χ2n) is 6.30. The quantitative estimate of drug-likeness (QED) is 0.471. The maximum Gasteiger partial charge on any atom is 0.303 e. The van der Waals surface area contributed by atoms with Crippen molar-refractivity contribution in [1.82, 2.24) is 19.7 Å². The molecule has 0 radical (unpaired) electrons. The van der Waals surface area contributed by atoms with Crippen molar-refractivity contribution in [2.24, 2.45) is 0 Å². The number of hydrogen-bond donors (Lipinski definition) is 3. The number of carbonyl (C=O) groups is 1. The molecule has 1 aromatic carbocycles. The molecule has 3 N–H and O–H groups in total. The zero-order chi connectivity index (χ0) is 20.8. The first kappa shape index (κ1) is 20.2. The smallest absolute Gasteiger partial charge is 0.303 e. The van der Waals surface area contributed by atoms with Crippen LogP contribution in [0.2, 0.25) is 0 Å². The van der Waals surface area contributed by atoms with Gasteiger partial charge in [-0.15, -0.1) is 0 Å². The van der Waals surface area contributed by atoms with Crippen LogP contribution in [0.25, 0.3) is 11.5 Å². The molecule has 0 bridgehead atoms. The minimum absolute atomic E-state index is 0.00832. The molecule has 152 valence electrons. The van der Waals surface area contributed by atoms with Gasteiger partial charge < -0.3 is 15.5 Å². The molecule has 0 aliphatic heterocycles. The molecule has 8 nitrogen and oxygen atoms in total. The monoisotopic (exact) mass is 403 g/mol. The third-order valence-electron chi connectivity index (χ3n) is 4.12. The predicted molar refractivity (Wildman–Crippen MR) is 100 cm³/mol. The second-order valence-corrected chi connectivity index (χ2v) is 6.30. The van der Waals surface area contributed by atoms with E-state index in [4.69, 9.17) is 5.11 Å². The number of unbranched alkanes of at least 4 members (excludes halogenated alkanes) is 1. The van der Waals surface area contributed by atoms with Crippen molar-refractivity contribution in [2.75, 3.05) is 11.9 Å². The summed E-state index contributed by atoms with van der Waals surface area (Å²) < 4.78 is 29.0. The highest BCUT2D eigenvalue weighted by atomic mass is 19.1. The first-order chi connectivity index (χ1) is 13.9. The van der Waals surface area contributed by atoms with Crippen molar-refractivity contribution in [3.05, 3.63) is 53.7 Å². The zero-order valence-corrected chi connectivity index (χ0v) is 15.3. The maximum absolute atomic E-state index is 13.9. The van der Waals surface area contributed by atoms with Crippen LogP contribution in [0.1, 0.15) is 24.8 Å². The SMILES string of the molecule is O=C(O)CCCCNc1nc(-c2cc(O)n(Cc3ccccc3F)n2)ncc1F. The summed E-state index contributed by atoms with van der Waals surface area (Å²) in [6.45, 7) is 0.349. The number of halogens is 2. The van der Waals surface area contributed by atoms with Gasteiger partial charge in [-0.1, -0.05) is 18.2 Å². The average molecular weight is 403 g/mol. The third-order valence-corrected chi connectivity index (χ3v) is 4.12. The first-order valence-electron chi connectivity index (χ1n) is 8.93. The van der Waals surface area contributed by atoms with Gasteiger partial charge in [-0.05, 0) is 18.9 Å². The Morgan fingerprint density at radius 1 is 1.17 bits per heavy atom. The summed E-state index contributed by atoms with van der Waals surface area (Å²) in [6.07, 6.45) is 2.01. The number of carboxylic acids is 1. The fourth-order valence-electron chi connectivity index (χ4n) is 2.64. The Balaban J connectivity index is 1.72. The van der Waals surface area contributed by atoms with Crippen LogP contribution in [0.4, 0.5) is 14.6 Å². The average Bonchev–Trinajstić information content (AvgIpc) is 3.05. The molecule has 2 heterocycles. The Morgan fingerprint density at radius 3 is 2.72 bits per heavy atom. The number of hydrogen-bond acceptors (Lipinski definition) is 6. The molecule has 0 aliphatic rings. The molecule has 0 aliphatic carbocycles. The van der Waals surface area contributed by atoms with E-state index < -0.39 is 17.6 Å². The van der Waals surface area contributed by atoms with Crippen molar-refractivity contribution in [2.45, 2.75) is 25.8 Å². The normalized spacial score (nSPS) is 10.8. The number of carboxylic acid groups (broad SMARTS) is 1. The lowest BCUT2D eigenvalue weighted by atomic mass is 10.2. The predicted octanol–water partition coefficient (Wildman–Crippen LogP) is 3.04. The van der Waals surface area contributed by atoms with Crippen molar-refractivity contribution >= 4 is 11.8 Å². The van der Waals surface area contributed by atoms with Gasteiger partial charge in [0.15, 0.2) is 17.5 Å². The summed E-state index contributed by atoms with van der Waals surface area (Å²) in [6, 6.07) is 7.45. The van der Waals surface area contributed by atoms with Gasteiger partial charge in [0.2, 0.25) is 5.88 Å². The lowest BCUT2D eigenvalue weighted by Crippen LogP contribution is -2.08. The topological polar surface area (TPSA) is 113 Å². The minimum atomic E-state index is -0.883. The van der Waals surface area contributed by atoms with E-state index in [9.17, 15) is 18.7 Å². The molecule has 0 atom stereocenters. The van der Waals surface area contributed by atoms with Crippen LogP contribution in [0.5, 0.6) is 5.88 Å². The highest BCUT2D eigenvalue weighted by Crippen LogP contribution is 2.23. The van der Waals surface area contributed by atoms with Gasteiger partial charge in [0.05, 0.1) is 12.7 Å². The number of benzene rings is 1. The number of aliphatic carboxylic acids is 1. The van der Waals surface area contributed by atoms with Crippen LogP contribution in [-0.4, -0.2) is 42.5 Å². The van der Waals surface area contributed by atoms with Crippen molar-refractivity contribution < 1.29 is 23.8 Å². The van der Waals surface area contributed by atoms with Gasteiger partial charge in [-0.3, -0.25) is 4.79 Å². The van der Waals surface area contributed by atoms with Gasteiger partial charge >= 0.3 is 5.97 Å². The molecule has 0 spiro atoms. The van der Waals surface area contributed by atoms with Crippen LogP contribution in [-0.2, 0) is 11.3 Å². The molecule has 0 saturated carbocycles. The standard InChI is InChI=1S/C19H19F2N5O3/c20-13-6-2-1-5-12(13)11-26-16(27)9-15(25-26)19-23-10-14(21)18(24-19)22-8-4-3-7-17(28)29/h1-2,5-6,9-10,27H,3-4,7-8,11H2,(H,28,29)(H,22,23,24). The largest absolute Gasteiger partial charge is 0.493 e. The third kappa shape index (κ3) is 5.24. The molecule has 0 fully saturated rings. The molecule has 3 rings (SSSR count). The van der Waals surface area contributed by atoms with Crippen molar-refractivity contribution in [3.8, 4) is 17.4 Å². The van der Waals surface area contributed by atoms with Crippen molar-refractivity contribution in [1.29, 1.82) is 0 Å². The summed E-state index contributed by atoms with van der Waals surface area (Å²) in [7, 11) is 0. The molecule has 0 amide bonds. The van der Waals surface area contributed by atoms with E-state index in [1.54, 1.807) is 18.2 Å². The minimum Gasteiger partial charge on any atom is -0.493 e. The molecule has 2 aromatic heterocycles.